The van der Waals surface area contributed by atoms with Crippen molar-refractivity contribution in [2.45, 2.75) is 6.42 Å². The zero-order valence-electron chi connectivity index (χ0n) is 10.2. The van der Waals surface area contributed by atoms with Gasteiger partial charge < -0.3 is 5.32 Å². The average molecular weight is 268 g/mol. The molecule has 2 rings (SSSR count). The van der Waals surface area contributed by atoms with Crippen LogP contribution in [-0.4, -0.2) is 26.1 Å². The van der Waals surface area contributed by atoms with Crippen LogP contribution in [0.4, 0.5) is 5.69 Å². The molecule has 1 N–H and O–H groups in total. The number of hydrogen-bond donors (Lipinski definition) is 1. The molecule has 0 spiro atoms. The van der Waals surface area contributed by atoms with Crippen LogP contribution in [0.2, 0.25) is 5.02 Å². The van der Waals surface area contributed by atoms with E-state index in [1.807, 2.05) is 19.4 Å². The van der Waals surface area contributed by atoms with Crippen LogP contribution in [0, 0.1) is 0 Å². The molecule has 0 aliphatic rings. The summed E-state index contributed by atoms with van der Waals surface area (Å²) < 4.78 is 2.96. The summed E-state index contributed by atoms with van der Waals surface area (Å²) in [5, 5.41) is 11.3. The van der Waals surface area contributed by atoms with Gasteiger partial charge in [0.15, 0.2) is 0 Å². The number of hydrogen-bond acceptors (Lipinski definition) is 4. The van der Waals surface area contributed by atoms with Crippen molar-refractivity contribution in [2.75, 3.05) is 11.9 Å². The van der Waals surface area contributed by atoms with Gasteiger partial charge in [-0.1, -0.05) is 11.6 Å². The van der Waals surface area contributed by atoms with E-state index in [1.165, 1.54) is 4.68 Å². The number of aryl methyl sites for hydroxylation is 2. The van der Waals surface area contributed by atoms with Crippen LogP contribution in [-0.2, 0) is 20.5 Å². The SMILES string of the molecule is Cn1cc(CCNc2cnn(C)c(=O)c2Cl)cn1. The summed E-state index contributed by atoms with van der Waals surface area (Å²) in [5.74, 6) is 0. The molecule has 6 nitrogen and oxygen atoms in total. The van der Waals surface area contributed by atoms with Gasteiger partial charge in [-0.2, -0.15) is 10.2 Å². The first-order chi connectivity index (χ1) is 8.58. The molecular weight excluding hydrogens is 254 g/mol. The molecule has 18 heavy (non-hydrogen) atoms. The lowest BCUT2D eigenvalue weighted by Gasteiger charge is -2.07. The first kappa shape index (κ1) is 12.6. The van der Waals surface area contributed by atoms with Gasteiger partial charge in [0.05, 0.1) is 18.1 Å². The molecule has 0 aliphatic heterocycles. The normalized spacial score (nSPS) is 10.6. The van der Waals surface area contributed by atoms with Crippen molar-refractivity contribution in [3.05, 3.63) is 39.5 Å². The minimum Gasteiger partial charge on any atom is -0.382 e. The van der Waals surface area contributed by atoms with Crippen LogP contribution in [0.3, 0.4) is 0 Å². The highest BCUT2D eigenvalue weighted by Gasteiger charge is 2.06. The maximum Gasteiger partial charge on any atom is 0.287 e. The summed E-state index contributed by atoms with van der Waals surface area (Å²) in [5.41, 5.74) is 1.38. The summed E-state index contributed by atoms with van der Waals surface area (Å²) in [7, 11) is 3.44. The molecule has 0 aromatic carbocycles. The number of anilines is 1. The van der Waals surface area contributed by atoms with Crippen molar-refractivity contribution in [3.8, 4) is 0 Å². The Morgan fingerprint density at radius 1 is 1.33 bits per heavy atom. The Balaban J connectivity index is 1.99. The largest absolute Gasteiger partial charge is 0.382 e. The van der Waals surface area contributed by atoms with Gasteiger partial charge >= 0.3 is 0 Å². The Kier molecular flexibility index (Phi) is 3.66. The number of nitrogens with one attached hydrogen (secondary N) is 1. The molecular formula is C11H14ClN5O. The van der Waals surface area contributed by atoms with Gasteiger partial charge in [-0.25, -0.2) is 4.68 Å². The fourth-order valence-corrected chi connectivity index (χ4v) is 1.81. The number of halogens is 1. The zero-order chi connectivity index (χ0) is 13.1. The smallest absolute Gasteiger partial charge is 0.287 e. The topological polar surface area (TPSA) is 64.7 Å². The molecule has 0 bridgehead atoms. The Morgan fingerprint density at radius 3 is 2.78 bits per heavy atom. The molecule has 0 aliphatic carbocycles. The quantitative estimate of drug-likeness (QED) is 0.891. The van der Waals surface area contributed by atoms with Crippen molar-refractivity contribution >= 4 is 17.3 Å². The second-order valence-electron chi connectivity index (χ2n) is 4.00. The maximum absolute atomic E-state index is 11.5. The van der Waals surface area contributed by atoms with Gasteiger partial charge in [-0.05, 0) is 12.0 Å². The van der Waals surface area contributed by atoms with Crippen LogP contribution in [0.5, 0.6) is 0 Å². The lowest BCUT2D eigenvalue weighted by atomic mass is 10.2. The van der Waals surface area contributed by atoms with Gasteiger partial charge in [-0.15, -0.1) is 0 Å². The van der Waals surface area contributed by atoms with Gasteiger partial charge in [0, 0.05) is 26.8 Å². The minimum atomic E-state index is -0.303. The van der Waals surface area contributed by atoms with Crippen LogP contribution >= 0.6 is 11.6 Å². The number of aromatic nitrogens is 4. The van der Waals surface area contributed by atoms with Gasteiger partial charge in [0.2, 0.25) is 0 Å². The van der Waals surface area contributed by atoms with Crippen LogP contribution in [0.25, 0.3) is 0 Å². The highest BCUT2D eigenvalue weighted by molar-refractivity contribution is 6.32. The molecule has 0 unspecified atom stereocenters. The average Bonchev–Trinajstić information content (AvgIpc) is 2.75. The highest BCUT2D eigenvalue weighted by atomic mass is 35.5. The van der Waals surface area contributed by atoms with Crippen LogP contribution in [0.1, 0.15) is 5.56 Å². The number of rotatable bonds is 4. The van der Waals surface area contributed by atoms with E-state index in [2.05, 4.69) is 15.5 Å². The first-order valence-corrected chi connectivity index (χ1v) is 5.89. The van der Waals surface area contributed by atoms with Crippen LogP contribution in [0.15, 0.2) is 23.4 Å². The Morgan fingerprint density at radius 2 is 2.11 bits per heavy atom. The predicted octanol–water partition coefficient (Wildman–Crippen LogP) is 0.822. The highest BCUT2D eigenvalue weighted by Crippen LogP contribution is 2.14. The van der Waals surface area contributed by atoms with Gasteiger partial charge in [0.1, 0.15) is 5.02 Å². The maximum atomic E-state index is 11.5. The second kappa shape index (κ2) is 5.22. The third-order valence-corrected chi connectivity index (χ3v) is 2.93. The summed E-state index contributed by atoms with van der Waals surface area (Å²) in [6, 6.07) is 0. The Hall–Kier alpha value is -1.82. The lowest BCUT2D eigenvalue weighted by molar-refractivity contribution is 0.708. The zero-order valence-corrected chi connectivity index (χ0v) is 11.0. The molecule has 0 saturated heterocycles. The van der Waals surface area contributed by atoms with Crippen molar-refractivity contribution in [1.82, 2.24) is 19.6 Å². The van der Waals surface area contributed by atoms with E-state index in [-0.39, 0.29) is 10.6 Å². The van der Waals surface area contributed by atoms with Crippen LogP contribution < -0.4 is 10.9 Å². The van der Waals surface area contributed by atoms with E-state index in [1.54, 1.807) is 17.9 Å². The summed E-state index contributed by atoms with van der Waals surface area (Å²) in [6.07, 6.45) is 6.11. The van der Waals surface area contributed by atoms with Crippen molar-refractivity contribution in [1.29, 1.82) is 0 Å². The van der Waals surface area contributed by atoms with Crippen molar-refractivity contribution < 1.29 is 0 Å². The van der Waals surface area contributed by atoms with E-state index in [0.29, 0.717) is 12.2 Å². The number of nitrogens with zero attached hydrogens (tertiary/aromatic N) is 4. The third kappa shape index (κ3) is 2.70. The van der Waals surface area contributed by atoms with Gasteiger partial charge in [0.25, 0.3) is 5.56 Å². The molecule has 0 radical (unpaired) electrons. The molecule has 0 atom stereocenters. The third-order valence-electron chi connectivity index (χ3n) is 2.57. The molecule has 2 aromatic heterocycles. The molecule has 0 saturated carbocycles. The van der Waals surface area contributed by atoms with Crippen molar-refractivity contribution in [3.63, 3.8) is 0 Å². The van der Waals surface area contributed by atoms with Crippen molar-refractivity contribution in [2.24, 2.45) is 14.1 Å². The summed E-state index contributed by atoms with van der Waals surface area (Å²) >= 11 is 5.93. The van der Waals surface area contributed by atoms with Gasteiger partial charge in [-0.3, -0.25) is 9.48 Å². The first-order valence-electron chi connectivity index (χ1n) is 5.51. The Labute approximate surface area is 109 Å². The Bertz CT molecular complexity index is 604. The second-order valence-corrected chi connectivity index (χ2v) is 4.38. The summed E-state index contributed by atoms with van der Waals surface area (Å²) in [6.45, 7) is 0.667. The standard InChI is InChI=1S/C11H14ClN5O/c1-16-7-8(5-14-16)3-4-13-9-6-15-17(2)11(18)10(9)12/h5-7,13H,3-4H2,1-2H3. The molecule has 96 valence electrons. The molecule has 2 aromatic rings. The van der Waals surface area contributed by atoms with E-state index in [9.17, 15) is 4.79 Å². The van der Waals surface area contributed by atoms with E-state index in [4.69, 9.17) is 11.6 Å². The predicted molar refractivity (Wildman–Crippen MR) is 69.9 cm³/mol. The fourth-order valence-electron chi connectivity index (χ4n) is 1.58. The van der Waals surface area contributed by atoms with E-state index < -0.39 is 0 Å². The van der Waals surface area contributed by atoms with E-state index in [0.717, 1.165) is 12.0 Å². The molecule has 0 amide bonds. The fraction of sp³-hybridized carbons (Fsp3) is 0.364. The monoisotopic (exact) mass is 267 g/mol. The lowest BCUT2D eigenvalue weighted by Crippen LogP contribution is -2.21. The summed E-state index contributed by atoms with van der Waals surface area (Å²) in [4.78, 5) is 11.5. The molecule has 2 heterocycles. The van der Waals surface area contributed by atoms with E-state index >= 15 is 0 Å². The molecule has 0 fully saturated rings. The minimum absolute atomic E-state index is 0.165. The molecule has 7 heteroatoms.